The number of carbonyl (C=O) groups is 2. The van der Waals surface area contributed by atoms with Crippen molar-refractivity contribution in [3.63, 3.8) is 0 Å². The zero-order valence-electron chi connectivity index (χ0n) is 12.4. The van der Waals surface area contributed by atoms with Crippen molar-refractivity contribution in [1.82, 2.24) is 5.32 Å². The summed E-state index contributed by atoms with van der Waals surface area (Å²) in [6.45, 7) is 6.07. The van der Waals surface area contributed by atoms with Crippen molar-refractivity contribution in [2.24, 2.45) is 0 Å². The molecular formula is C16H22N2O3. The van der Waals surface area contributed by atoms with E-state index in [-0.39, 0.29) is 13.2 Å². The zero-order valence-corrected chi connectivity index (χ0v) is 12.4. The lowest BCUT2D eigenvalue weighted by molar-refractivity contribution is -0.136. The van der Waals surface area contributed by atoms with Gasteiger partial charge in [-0.1, -0.05) is 32.1 Å². The van der Waals surface area contributed by atoms with E-state index in [9.17, 15) is 9.59 Å². The fourth-order valence-corrected chi connectivity index (χ4v) is 1.71. The van der Waals surface area contributed by atoms with Gasteiger partial charge in [-0.2, -0.15) is 0 Å². The first-order chi connectivity index (χ1) is 10.2. The summed E-state index contributed by atoms with van der Waals surface area (Å²) in [6, 6.07) is 7.52. The van der Waals surface area contributed by atoms with E-state index in [2.05, 4.69) is 24.1 Å². The lowest BCUT2D eigenvalue weighted by Gasteiger charge is -2.07. The minimum absolute atomic E-state index is 0.258. The average molecular weight is 290 g/mol. The van der Waals surface area contributed by atoms with E-state index in [4.69, 9.17) is 4.74 Å². The monoisotopic (exact) mass is 290 g/mol. The molecule has 0 saturated carbocycles. The number of amides is 2. The summed E-state index contributed by atoms with van der Waals surface area (Å²) in [7, 11) is 0. The number of benzene rings is 1. The van der Waals surface area contributed by atoms with Gasteiger partial charge >= 0.3 is 11.8 Å². The first-order valence-corrected chi connectivity index (χ1v) is 7.08. The normalized spacial score (nSPS) is 9.76. The molecular weight excluding hydrogens is 268 g/mol. The highest BCUT2D eigenvalue weighted by Crippen LogP contribution is 2.11. The molecule has 0 spiro atoms. The van der Waals surface area contributed by atoms with E-state index in [0.717, 1.165) is 19.3 Å². The van der Waals surface area contributed by atoms with E-state index in [0.29, 0.717) is 5.69 Å². The zero-order chi connectivity index (χ0) is 15.5. The molecule has 0 saturated heterocycles. The maximum absolute atomic E-state index is 11.6. The quantitative estimate of drug-likeness (QED) is 0.438. The highest BCUT2D eigenvalue weighted by molar-refractivity contribution is 6.39. The van der Waals surface area contributed by atoms with E-state index >= 15 is 0 Å². The van der Waals surface area contributed by atoms with Crippen LogP contribution in [-0.2, 0) is 20.7 Å². The predicted octanol–water partition coefficient (Wildman–Crippen LogP) is 2.24. The molecule has 21 heavy (non-hydrogen) atoms. The molecule has 2 amide bonds. The van der Waals surface area contributed by atoms with Gasteiger partial charge in [0, 0.05) is 5.69 Å². The third-order valence-electron chi connectivity index (χ3n) is 2.86. The molecule has 5 heteroatoms. The van der Waals surface area contributed by atoms with E-state index in [1.54, 1.807) is 12.1 Å². The van der Waals surface area contributed by atoms with Crippen LogP contribution in [0.2, 0.25) is 0 Å². The molecule has 0 aliphatic heterocycles. The van der Waals surface area contributed by atoms with Gasteiger partial charge in [0.25, 0.3) is 0 Å². The van der Waals surface area contributed by atoms with Gasteiger partial charge in [0.2, 0.25) is 0 Å². The molecule has 0 aliphatic carbocycles. The summed E-state index contributed by atoms with van der Waals surface area (Å²) < 4.78 is 4.84. The van der Waals surface area contributed by atoms with Crippen LogP contribution in [0.5, 0.6) is 0 Å². The Kier molecular flexibility index (Phi) is 7.64. The molecule has 0 aliphatic rings. The van der Waals surface area contributed by atoms with Crippen molar-refractivity contribution < 1.29 is 14.3 Å². The van der Waals surface area contributed by atoms with Crippen molar-refractivity contribution >= 4 is 17.5 Å². The summed E-state index contributed by atoms with van der Waals surface area (Å²) in [6.07, 6.45) is 4.59. The number of ether oxygens (including phenoxy) is 1. The summed E-state index contributed by atoms with van der Waals surface area (Å²) in [5.41, 5.74) is 1.83. The minimum atomic E-state index is -0.685. The van der Waals surface area contributed by atoms with Gasteiger partial charge < -0.3 is 15.4 Å². The molecule has 1 aromatic rings. The lowest BCUT2D eigenvalue weighted by atomic mass is 10.1. The number of rotatable bonds is 8. The first kappa shape index (κ1) is 16.8. The average Bonchev–Trinajstić information content (AvgIpc) is 2.50. The molecule has 0 unspecified atom stereocenters. The fourth-order valence-electron chi connectivity index (χ4n) is 1.71. The summed E-state index contributed by atoms with van der Waals surface area (Å²) in [5, 5.41) is 5.01. The molecule has 0 fully saturated rings. The topological polar surface area (TPSA) is 67.4 Å². The number of unbranched alkanes of at least 4 members (excludes halogenated alkanes) is 1. The molecule has 114 valence electrons. The Hall–Kier alpha value is -2.30. The molecule has 1 aromatic carbocycles. The smallest absolute Gasteiger partial charge is 0.313 e. The van der Waals surface area contributed by atoms with Crippen molar-refractivity contribution in [3.05, 3.63) is 42.7 Å². The van der Waals surface area contributed by atoms with Crippen LogP contribution >= 0.6 is 0 Å². The maximum atomic E-state index is 11.6. The van der Waals surface area contributed by atoms with Crippen LogP contribution < -0.4 is 10.6 Å². The van der Waals surface area contributed by atoms with Gasteiger partial charge in [0.1, 0.15) is 6.61 Å². The third-order valence-corrected chi connectivity index (χ3v) is 2.86. The largest absolute Gasteiger partial charge is 0.500 e. The Morgan fingerprint density at radius 1 is 1.24 bits per heavy atom. The highest BCUT2D eigenvalue weighted by atomic mass is 16.5. The number of carbonyl (C=O) groups excluding carboxylic acids is 2. The predicted molar refractivity (Wildman–Crippen MR) is 82.8 cm³/mol. The lowest BCUT2D eigenvalue weighted by Crippen LogP contribution is -2.37. The SMILES string of the molecule is C=COCCNC(=O)C(=O)Nc1ccc(CCCC)cc1. The van der Waals surface area contributed by atoms with Crippen LogP contribution in [0.1, 0.15) is 25.3 Å². The third kappa shape index (κ3) is 6.61. The fraction of sp³-hybridized carbons (Fsp3) is 0.375. The molecule has 0 heterocycles. The van der Waals surface area contributed by atoms with Crippen LogP contribution in [0.4, 0.5) is 5.69 Å². The molecule has 1 rings (SSSR count). The van der Waals surface area contributed by atoms with Crippen LogP contribution in [0.25, 0.3) is 0 Å². The van der Waals surface area contributed by atoms with Crippen molar-refractivity contribution in [1.29, 1.82) is 0 Å². The van der Waals surface area contributed by atoms with Gasteiger partial charge in [0.05, 0.1) is 12.8 Å². The molecule has 5 nitrogen and oxygen atoms in total. The molecule has 0 bridgehead atoms. The molecule has 0 aromatic heterocycles. The Morgan fingerprint density at radius 3 is 2.57 bits per heavy atom. The van der Waals surface area contributed by atoms with Crippen molar-refractivity contribution in [3.8, 4) is 0 Å². The Balaban J connectivity index is 2.39. The van der Waals surface area contributed by atoms with E-state index in [1.807, 2.05) is 12.1 Å². The van der Waals surface area contributed by atoms with Crippen molar-refractivity contribution in [2.45, 2.75) is 26.2 Å². The second-order valence-electron chi connectivity index (χ2n) is 4.55. The van der Waals surface area contributed by atoms with Gasteiger partial charge in [-0.05, 0) is 30.5 Å². The number of anilines is 1. The Morgan fingerprint density at radius 2 is 1.95 bits per heavy atom. The van der Waals surface area contributed by atoms with Crippen LogP contribution in [0.15, 0.2) is 37.1 Å². The van der Waals surface area contributed by atoms with Crippen LogP contribution in [0.3, 0.4) is 0 Å². The number of aryl methyl sites for hydroxylation is 1. The van der Waals surface area contributed by atoms with E-state index in [1.165, 1.54) is 11.8 Å². The first-order valence-electron chi connectivity index (χ1n) is 7.08. The summed E-state index contributed by atoms with van der Waals surface area (Å²) in [5.74, 6) is -1.37. The Bertz CT molecular complexity index is 469. The summed E-state index contributed by atoms with van der Waals surface area (Å²) >= 11 is 0. The van der Waals surface area contributed by atoms with E-state index < -0.39 is 11.8 Å². The van der Waals surface area contributed by atoms with Crippen LogP contribution in [-0.4, -0.2) is 25.0 Å². The van der Waals surface area contributed by atoms with Gasteiger partial charge in [-0.25, -0.2) is 0 Å². The van der Waals surface area contributed by atoms with Crippen molar-refractivity contribution in [2.75, 3.05) is 18.5 Å². The standard InChI is InChI=1S/C16H22N2O3/c1-3-5-6-13-7-9-14(10-8-13)18-16(20)15(19)17-11-12-21-4-2/h4,7-10H,2-3,5-6,11-12H2,1H3,(H,17,19)(H,18,20). The van der Waals surface area contributed by atoms with Crippen LogP contribution in [0, 0.1) is 0 Å². The number of nitrogens with one attached hydrogen (secondary N) is 2. The van der Waals surface area contributed by atoms with Gasteiger partial charge in [0.15, 0.2) is 0 Å². The molecule has 0 atom stereocenters. The van der Waals surface area contributed by atoms with Gasteiger partial charge in [-0.3, -0.25) is 9.59 Å². The number of hydrogen-bond donors (Lipinski definition) is 2. The second kappa shape index (κ2) is 9.58. The molecule has 0 radical (unpaired) electrons. The number of hydrogen-bond acceptors (Lipinski definition) is 3. The Labute approximate surface area is 125 Å². The minimum Gasteiger partial charge on any atom is -0.500 e. The highest BCUT2D eigenvalue weighted by Gasteiger charge is 2.12. The molecule has 2 N–H and O–H groups in total. The summed E-state index contributed by atoms with van der Waals surface area (Å²) in [4.78, 5) is 23.2. The van der Waals surface area contributed by atoms with Gasteiger partial charge in [-0.15, -0.1) is 0 Å². The second-order valence-corrected chi connectivity index (χ2v) is 4.55. The maximum Gasteiger partial charge on any atom is 0.313 e.